The van der Waals surface area contributed by atoms with Crippen molar-refractivity contribution in [2.75, 3.05) is 26.2 Å². The number of thiophene rings is 1. The zero-order valence-electron chi connectivity index (χ0n) is 12.0. The standard InChI is InChI=1S/C17H22N2S/c1-2-14-5-7-15(8-6-14)17(16-4-3-13-20-16)19-11-9-18-10-12-19/h3-8,13,17-18H,2,9-12H2,1H3. The molecule has 2 heterocycles. The summed E-state index contributed by atoms with van der Waals surface area (Å²) in [6, 6.07) is 14.0. The summed E-state index contributed by atoms with van der Waals surface area (Å²) in [6.07, 6.45) is 1.11. The van der Waals surface area contributed by atoms with Gasteiger partial charge in [-0.1, -0.05) is 37.3 Å². The Morgan fingerprint density at radius 1 is 1.15 bits per heavy atom. The molecule has 1 saturated heterocycles. The maximum atomic E-state index is 3.45. The molecule has 0 aliphatic carbocycles. The van der Waals surface area contributed by atoms with Crippen LogP contribution in [0.4, 0.5) is 0 Å². The Kier molecular flexibility index (Phi) is 4.51. The van der Waals surface area contributed by atoms with Crippen molar-refractivity contribution in [3.63, 3.8) is 0 Å². The molecule has 0 bridgehead atoms. The van der Waals surface area contributed by atoms with Crippen molar-refractivity contribution in [2.45, 2.75) is 19.4 Å². The van der Waals surface area contributed by atoms with Gasteiger partial charge in [-0.3, -0.25) is 4.90 Å². The molecule has 0 amide bonds. The number of nitrogens with one attached hydrogen (secondary N) is 1. The molecule has 1 aromatic carbocycles. The zero-order chi connectivity index (χ0) is 13.8. The summed E-state index contributed by atoms with van der Waals surface area (Å²) >= 11 is 1.87. The van der Waals surface area contributed by atoms with Gasteiger partial charge in [0.2, 0.25) is 0 Å². The van der Waals surface area contributed by atoms with Crippen LogP contribution in [0.25, 0.3) is 0 Å². The molecule has 3 rings (SSSR count). The van der Waals surface area contributed by atoms with Gasteiger partial charge in [0.15, 0.2) is 0 Å². The van der Waals surface area contributed by atoms with Crippen molar-refractivity contribution in [1.29, 1.82) is 0 Å². The molecule has 3 heteroatoms. The number of benzene rings is 1. The lowest BCUT2D eigenvalue weighted by Gasteiger charge is -2.34. The fourth-order valence-electron chi connectivity index (χ4n) is 2.88. The van der Waals surface area contributed by atoms with Gasteiger partial charge in [-0.05, 0) is 29.0 Å². The van der Waals surface area contributed by atoms with Crippen molar-refractivity contribution in [2.24, 2.45) is 0 Å². The van der Waals surface area contributed by atoms with E-state index in [0.29, 0.717) is 6.04 Å². The first kappa shape index (κ1) is 13.8. The predicted molar refractivity (Wildman–Crippen MR) is 86.4 cm³/mol. The fraction of sp³-hybridized carbons (Fsp3) is 0.412. The van der Waals surface area contributed by atoms with E-state index in [0.717, 1.165) is 32.6 Å². The maximum absolute atomic E-state index is 3.45. The van der Waals surface area contributed by atoms with Gasteiger partial charge in [0, 0.05) is 31.1 Å². The molecule has 1 unspecified atom stereocenters. The van der Waals surface area contributed by atoms with Crippen molar-refractivity contribution in [1.82, 2.24) is 10.2 Å². The molecule has 1 atom stereocenters. The third kappa shape index (κ3) is 2.95. The molecular weight excluding hydrogens is 264 g/mol. The first-order valence-corrected chi connectivity index (χ1v) is 8.33. The number of nitrogens with zero attached hydrogens (tertiary/aromatic N) is 1. The highest BCUT2D eigenvalue weighted by Gasteiger charge is 2.24. The SMILES string of the molecule is CCc1ccc(C(c2cccs2)N2CCNCC2)cc1. The van der Waals surface area contributed by atoms with Gasteiger partial charge in [0.05, 0.1) is 6.04 Å². The van der Waals surface area contributed by atoms with E-state index in [9.17, 15) is 0 Å². The zero-order valence-corrected chi connectivity index (χ0v) is 12.8. The summed E-state index contributed by atoms with van der Waals surface area (Å²) < 4.78 is 0. The highest BCUT2D eigenvalue weighted by atomic mass is 32.1. The Hall–Kier alpha value is -1.16. The normalized spacial score (nSPS) is 18.1. The molecule has 0 spiro atoms. The average molecular weight is 286 g/mol. The van der Waals surface area contributed by atoms with Crippen LogP contribution in [0.5, 0.6) is 0 Å². The van der Waals surface area contributed by atoms with Gasteiger partial charge < -0.3 is 5.32 Å². The topological polar surface area (TPSA) is 15.3 Å². The first-order chi connectivity index (χ1) is 9.88. The quantitative estimate of drug-likeness (QED) is 0.927. The van der Waals surface area contributed by atoms with Crippen LogP contribution in [-0.4, -0.2) is 31.1 Å². The number of hydrogen-bond donors (Lipinski definition) is 1. The molecular formula is C17H22N2S. The Balaban J connectivity index is 1.91. The van der Waals surface area contributed by atoms with Crippen molar-refractivity contribution < 1.29 is 0 Å². The lowest BCUT2D eigenvalue weighted by atomic mass is 10.0. The molecule has 2 aromatic rings. The number of hydrogen-bond acceptors (Lipinski definition) is 3. The van der Waals surface area contributed by atoms with E-state index >= 15 is 0 Å². The van der Waals surface area contributed by atoms with Gasteiger partial charge in [0.1, 0.15) is 0 Å². The molecule has 1 aliphatic heterocycles. The summed E-state index contributed by atoms with van der Waals surface area (Å²) in [7, 11) is 0. The van der Waals surface area contributed by atoms with Gasteiger partial charge in [-0.25, -0.2) is 0 Å². The molecule has 0 saturated carbocycles. The first-order valence-electron chi connectivity index (χ1n) is 7.45. The predicted octanol–water partition coefficient (Wildman–Crippen LogP) is 3.31. The molecule has 0 radical (unpaired) electrons. The Bertz CT molecular complexity index is 512. The highest BCUT2D eigenvalue weighted by molar-refractivity contribution is 7.10. The molecule has 1 fully saturated rings. The van der Waals surface area contributed by atoms with Gasteiger partial charge in [-0.15, -0.1) is 11.3 Å². The summed E-state index contributed by atoms with van der Waals surface area (Å²) in [4.78, 5) is 4.06. The maximum Gasteiger partial charge on any atom is 0.0696 e. The van der Waals surface area contributed by atoms with Crippen molar-refractivity contribution in [3.05, 3.63) is 57.8 Å². The second-order valence-corrected chi connectivity index (χ2v) is 6.28. The van der Waals surface area contributed by atoms with E-state index < -0.39 is 0 Å². The summed E-state index contributed by atoms with van der Waals surface area (Å²) in [6.45, 7) is 6.64. The Morgan fingerprint density at radius 3 is 2.50 bits per heavy atom. The minimum atomic E-state index is 0.419. The van der Waals surface area contributed by atoms with Crippen molar-refractivity contribution >= 4 is 11.3 Å². The molecule has 1 aliphatic rings. The van der Waals surface area contributed by atoms with E-state index in [1.54, 1.807) is 0 Å². The molecule has 1 aromatic heterocycles. The molecule has 2 nitrogen and oxygen atoms in total. The molecule has 20 heavy (non-hydrogen) atoms. The fourth-order valence-corrected chi connectivity index (χ4v) is 3.76. The Morgan fingerprint density at radius 2 is 1.90 bits per heavy atom. The number of piperazine rings is 1. The largest absolute Gasteiger partial charge is 0.314 e. The van der Waals surface area contributed by atoms with E-state index in [1.165, 1.54) is 16.0 Å². The van der Waals surface area contributed by atoms with Crippen LogP contribution < -0.4 is 5.32 Å². The number of rotatable bonds is 4. The van der Waals surface area contributed by atoms with Crippen LogP contribution in [0.15, 0.2) is 41.8 Å². The average Bonchev–Trinajstić information content (AvgIpc) is 3.03. The van der Waals surface area contributed by atoms with Crippen LogP contribution in [0.1, 0.15) is 29.0 Å². The second kappa shape index (κ2) is 6.53. The summed E-state index contributed by atoms with van der Waals surface area (Å²) in [5.41, 5.74) is 2.84. The smallest absolute Gasteiger partial charge is 0.0696 e. The van der Waals surface area contributed by atoms with Crippen LogP contribution in [0.2, 0.25) is 0 Å². The van der Waals surface area contributed by atoms with E-state index in [2.05, 4.69) is 58.9 Å². The highest BCUT2D eigenvalue weighted by Crippen LogP contribution is 2.32. The molecule has 106 valence electrons. The third-order valence-electron chi connectivity index (χ3n) is 4.03. The van der Waals surface area contributed by atoms with Crippen LogP contribution in [0, 0.1) is 0 Å². The van der Waals surface area contributed by atoms with Crippen LogP contribution >= 0.6 is 11.3 Å². The second-order valence-electron chi connectivity index (χ2n) is 5.30. The van der Waals surface area contributed by atoms with Gasteiger partial charge >= 0.3 is 0 Å². The lowest BCUT2D eigenvalue weighted by molar-refractivity contribution is 0.200. The molecule has 1 N–H and O–H groups in total. The van der Waals surface area contributed by atoms with Crippen LogP contribution in [-0.2, 0) is 6.42 Å². The third-order valence-corrected chi connectivity index (χ3v) is 4.96. The number of aryl methyl sites for hydroxylation is 1. The van der Waals surface area contributed by atoms with E-state index in [-0.39, 0.29) is 0 Å². The summed E-state index contributed by atoms with van der Waals surface area (Å²) in [5.74, 6) is 0. The van der Waals surface area contributed by atoms with E-state index in [1.807, 2.05) is 11.3 Å². The van der Waals surface area contributed by atoms with Crippen LogP contribution in [0.3, 0.4) is 0 Å². The minimum absolute atomic E-state index is 0.419. The minimum Gasteiger partial charge on any atom is -0.314 e. The van der Waals surface area contributed by atoms with E-state index in [4.69, 9.17) is 0 Å². The van der Waals surface area contributed by atoms with Gasteiger partial charge in [-0.2, -0.15) is 0 Å². The lowest BCUT2D eigenvalue weighted by Crippen LogP contribution is -2.45. The van der Waals surface area contributed by atoms with Crippen molar-refractivity contribution in [3.8, 4) is 0 Å². The van der Waals surface area contributed by atoms with Gasteiger partial charge in [0.25, 0.3) is 0 Å². The Labute approximate surface area is 125 Å². The monoisotopic (exact) mass is 286 g/mol. The summed E-state index contributed by atoms with van der Waals surface area (Å²) in [5, 5.41) is 5.63.